The van der Waals surface area contributed by atoms with Crippen LogP contribution >= 0.6 is 23.1 Å². The Morgan fingerprint density at radius 2 is 2.15 bits per heavy atom. The highest BCUT2D eigenvalue weighted by Crippen LogP contribution is 2.26. The fourth-order valence-corrected chi connectivity index (χ4v) is 4.24. The highest BCUT2D eigenvalue weighted by molar-refractivity contribution is 7.98. The summed E-state index contributed by atoms with van der Waals surface area (Å²) in [6, 6.07) is 1.95. The molecule has 0 unspecified atom stereocenters. The third-order valence-electron chi connectivity index (χ3n) is 3.66. The van der Waals surface area contributed by atoms with Gasteiger partial charge in [-0.05, 0) is 26.8 Å². The predicted octanol–water partition coefficient (Wildman–Crippen LogP) is 1.92. The number of rotatable bonds is 6. The summed E-state index contributed by atoms with van der Waals surface area (Å²) in [6.07, 6.45) is 0. The lowest BCUT2D eigenvalue weighted by molar-refractivity contribution is -0.116. The number of nitrogen functional groups attached to an aromatic ring is 1. The Morgan fingerprint density at radius 1 is 1.38 bits per heavy atom. The van der Waals surface area contributed by atoms with E-state index in [1.807, 2.05) is 32.2 Å². The number of aromatic nitrogens is 6. The maximum Gasteiger partial charge on any atom is 0.271 e. The van der Waals surface area contributed by atoms with Gasteiger partial charge in [0.1, 0.15) is 0 Å². The van der Waals surface area contributed by atoms with Gasteiger partial charge in [0.05, 0.1) is 11.4 Å². The number of thiazole rings is 1. The summed E-state index contributed by atoms with van der Waals surface area (Å²) in [6.45, 7) is 7.91. The zero-order valence-electron chi connectivity index (χ0n) is 15.0. The van der Waals surface area contributed by atoms with Gasteiger partial charge in [-0.3, -0.25) is 9.69 Å². The molecule has 138 valence electrons. The van der Waals surface area contributed by atoms with Crippen LogP contribution in [0.15, 0.2) is 16.6 Å². The molecule has 0 saturated carbocycles. The van der Waals surface area contributed by atoms with Crippen LogP contribution in [0.4, 0.5) is 5.13 Å². The van der Waals surface area contributed by atoms with Crippen molar-refractivity contribution in [2.24, 2.45) is 0 Å². The topological polar surface area (TPSA) is 108 Å². The van der Waals surface area contributed by atoms with Gasteiger partial charge in [0.15, 0.2) is 5.13 Å². The Bertz CT molecular complexity index is 928. The van der Waals surface area contributed by atoms with E-state index in [0.29, 0.717) is 28.5 Å². The van der Waals surface area contributed by atoms with E-state index in [-0.39, 0.29) is 5.91 Å². The molecule has 0 bridgehead atoms. The molecule has 26 heavy (non-hydrogen) atoms. The molecule has 0 aliphatic carbocycles. The van der Waals surface area contributed by atoms with Crippen molar-refractivity contribution < 1.29 is 4.79 Å². The van der Waals surface area contributed by atoms with E-state index in [2.05, 4.69) is 20.3 Å². The maximum atomic E-state index is 11.6. The molecule has 0 spiro atoms. The summed E-state index contributed by atoms with van der Waals surface area (Å²) in [5.74, 6) is 7.16. The van der Waals surface area contributed by atoms with E-state index in [1.54, 1.807) is 9.58 Å². The van der Waals surface area contributed by atoms with E-state index in [9.17, 15) is 4.79 Å². The molecule has 9 nitrogen and oxygen atoms in total. The number of carbonyl (C=O) groups excluding carboxylic acids is 1. The number of thioether (sulfide) groups is 1. The van der Waals surface area contributed by atoms with Gasteiger partial charge in [-0.15, -0.1) is 21.5 Å². The van der Waals surface area contributed by atoms with Gasteiger partial charge in [-0.1, -0.05) is 11.8 Å². The van der Waals surface area contributed by atoms with Crippen LogP contribution in [-0.4, -0.2) is 42.1 Å². The first-order valence-corrected chi connectivity index (χ1v) is 9.86. The normalized spacial score (nSPS) is 11.1. The number of nitrogens with two attached hydrogens (primary N) is 1. The van der Waals surface area contributed by atoms with Gasteiger partial charge in [0.25, 0.3) is 5.95 Å². The van der Waals surface area contributed by atoms with Crippen molar-refractivity contribution in [3.05, 3.63) is 28.5 Å². The molecule has 0 aliphatic heterocycles. The summed E-state index contributed by atoms with van der Waals surface area (Å²) in [5.41, 5.74) is 2.69. The van der Waals surface area contributed by atoms with E-state index in [4.69, 9.17) is 5.84 Å². The van der Waals surface area contributed by atoms with Crippen LogP contribution < -0.4 is 10.7 Å². The van der Waals surface area contributed by atoms with Crippen LogP contribution in [-0.2, 0) is 10.5 Å². The molecule has 3 rings (SSSR count). The molecule has 0 aromatic carbocycles. The highest BCUT2D eigenvalue weighted by Gasteiger charge is 2.17. The van der Waals surface area contributed by atoms with Crippen molar-refractivity contribution in [3.8, 4) is 5.95 Å². The smallest absolute Gasteiger partial charge is 0.271 e. The van der Waals surface area contributed by atoms with E-state index < -0.39 is 0 Å². The second-order valence-corrected chi connectivity index (χ2v) is 7.44. The Kier molecular flexibility index (Phi) is 5.28. The van der Waals surface area contributed by atoms with Crippen LogP contribution in [0.5, 0.6) is 0 Å². The summed E-state index contributed by atoms with van der Waals surface area (Å²) in [4.78, 5) is 17.8. The van der Waals surface area contributed by atoms with Crippen LogP contribution in [0.3, 0.4) is 0 Å². The molecule has 11 heteroatoms. The third kappa shape index (κ3) is 3.58. The average molecular weight is 393 g/mol. The summed E-state index contributed by atoms with van der Waals surface area (Å²) in [7, 11) is 0. The second kappa shape index (κ2) is 7.46. The average Bonchev–Trinajstić information content (AvgIpc) is 3.26. The fraction of sp³-hybridized carbons (Fsp3) is 0.400. The molecule has 0 aliphatic rings. The standard InChI is InChI=1S/C15H20N8OS2/c1-5-21(11(4)24)14-17-12(7-25-14)8-26-15-19-18-13(22(15)16)23-10(3)6-9(2)20-23/h6-7H,5,8,16H2,1-4H3. The number of amides is 1. The van der Waals surface area contributed by atoms with Gasteiger partial charge >= 0.3 is 0 Å². The molecule has 1 amide bonds. The monoisotopic (exact) mass is 392 g/mol. The fourth-order valence-electron chi connectivity index (χ4n) is 2.46. The minimum absolute atomic E-state index is 0.0164. The number of nitrogens with zero attached hydrogens (tertiary/aromatic N) is 7. The van der Waals surface area contributed by atoms with Crippen molar-refractivity contribution in [1.29, 1.82) is 0 Å². The lowest BCUT2D eigenvalue weighted by Gasteiger charge is -2.14. The van der Waals surface area contributed by atoms with Crippen molar-refractivity contribution in [1.82, 2.24) is 29.6 Å². The lowest BCUT2D eigenvalue weighted by atomic mass is 10.4. The molecular formula is C15H20N8OS2. The van der Waals surface area contributed by atoms with Crippen LogP contribution in [0.1, 0.15) is 30.9 Å². The van der Waals surface area contributed by atoms with Gasteiger partial charge in [-0.25, -0.2) is 14.3 Å². The van der Waals surface area contributed by atoms with Crippen molar-refractivity contribution in [2.45, 2.75) is 38.6 Å². The number of aryl methyl sites for hydroxylation is 2. The largest absolute Gasteiger partial charge is 0.334 e. The Hall–Kier alpha value is -2.40. The van der Waals surface area contributed by atoms with E-state index in [0.717, 1.165) is 17.1 Å². The summed E-state index contributed by atoms with van der Waals surface area (Å²) in [5, 5.41) is 15.9. The van der Waals surface area contributed by atoms with Crippen LogP contribution in [0, 0.1) is 13.8 Å². The van der Waals surface area contributed by atoms with Crippen LogP contribution in [0.25, 0.3) is 5.95 Å². The molecule has 3 aromatic heterocycles. The van der Waals surface area contributed by atoms with Gasteiger partial charge in [0.2, 0.25) is 11.1 Å². The quantitative estimate of drug-likeness (QED) is 0.504. The lowest BCUT2D eigenvalue weighted by Crippen LogP contribution is -2.27. The minimum Gasteiger partial charge on any atom is -0.334 e. The number of carbonyl (C=O) groups is 1. The molecular weight excluding hydrogens is 372 g/mol. The second-order valence-electron chi connectivity index (χ2n) is 5.66. The zero-order chi connectivity index (χ0) is 18.8. The predicted molar refractivity (Wildman–Crippen MR) is 102 cm³/mol. The first-order chi connectivity index (χ1) is 12.4. The summed E-state index contributed by atoms with van der Waals surface area (Å²) < 4.78 is 3.09. The molecule has 2 N–H and O–H groups in total. The molecule has 0 radical (unpaired) electrons. The van der Waals surface area contributed by atoms with Gasteiger partial charge < -0.3 is 5.84 Å². The van der Waals surface area contributed by atoms with Crippen molar-refractivity contribution in [3.63, 3.8) is 0 Å². The number of hydrogen-bond donors (Lipinski definition) is 1. The van der Waals surface area contributed by atoms with Crippen molar-refractivity contribution >= 4 is 34.1 Å². The van der Waals surface area contributed by atoms with Crippen molar-refractivity contribution in [2.75, 3.05) is 17.3 Å². The highest BCUT2D eigenvalue weighted by atomic mass is 32.2. The first-order valence-electron chi connectivity index (χ1n) is 8.00. The summed E-state index contributed by atoms with van der Waals surface area (Å²) >= 11 is 2.88. The SMILES string of the molecule is CCN(C(C)=O)c1nc(CSc2nnc(-n3nc(C)cc3C)n2N)cs1. The Morgan fingerprint density at radius 3 is 2.77 bits per heavy atom. The minimum atomic E-state index is -0.0164. The Labute approximate surface area is 159 Å². The zero-order valence-corrected chi connectivity index (χ0v) is 16.6. The molecule has 3 heterocycles. The van der Waals surface area contributed by atoms with Gasteiger partial charge in [0, 0.05) is 30.3 Å². The molecule has 0 fully saturated rings. The first kappa shape index (κ1) is 18.4. The molecule has 0 saturated heterocycles. The van der Waals surface area contributed by atoms with E-state index in [1.165, 1.54) is 34.7 Å². The van der Waals surface area contributed by atoms with E-state index >= 15 is 0 Å². The Balaban J connectivity index is 1.72. The van der Waals surface area contributed by atoms with Crippen LogP contribution in [0.2, 0.25) is 0 Å². The molecule has 0 atom stereocenters. The van der Waals surface area contributed by atoms with Gasteiger partial charge in [-0.2, -0.15) is 5.10 Å². The molecule has 3 aromatic rings. The third-order valence-corrected chi connectivity index (χ3v) is 5.55. The number of anilines is 1. The number of hydrogen-bond acceptors (Lipinski definition) is 8. The maximum absolute atomic E-state index is 11.6.